The molecule has 150 valence electrons. The fraction of sp³-hybridized carbons (Fsp3) is 0.667. The minimum atomic E-state index is -1.38. The van der Waals surface area contributed by atoms with E-state index in [1.54, 1.807) is 0 Å². The average Bonchev–Trinajstić information content (AvgIpc) is 2.69. The van der Waals surface area contributed by atoms with Crippen LogP contribution in [0.15, 0.2) is 18.2 Å². The third-order valence-electron chi connectivity index (χ3n) is 6.79. The number of halogens is 3. The van der Waals surface area contributed by atoms with Gasteiger partial charge >= 0.3 is 0 Å². The van der Waals surface area contributed by atoms with E-state index in [0.717, 1.165) is 48.8 Å². The molecule has 0 saturated heterocycles. The van der Waals surface area contributed by atoms with E-state index < -0.39 is 17.5 Å². The van der Waals surface area contributed by atoms with Gasteiger partial charge in [0, 0.05) is 0 Å². The molecule has 1 aromatic carbocycles. The van der Waals surface area contributed by atoms with Crippen LogP contribution < -0.4 is 0 Å². The van der Waals surface area contributed by atoms with Crippen molar-refractivity contribution in [3.05, 3.63) is 41.2 Å². The van der Waals surface area contributed by atoms with Gasteiger partial charge in [0.05, 0.1) is 0 Å². The van der Waals surface area contributed by atoms with Crippen molar-refractivity contribution in [1.82, 2.24) is 0 Å². The van der Waals surface area contributed by atoms with Crippen molar-refractivity contribution in [2.75, 3.05) is 0 Å². The first-order chi connectivity index (χ1) is 13.1. The number of unbranched alkanes of at least 4 members (excludes halogenated alkanes) is 1. The van der Waals surface area contributed by atoms with E-state index in [2.05, 4.69) is 13.0 Å². The molecule has 1 aromatic rings. The second kappa shape index (κ2) is 9.80. The molecule has 0 radical (unpaired) electrons. The summed E-state index contributed by atoms with van der Waals surface area (Å²) in [7, 11) is 0. The number of hydrogen-bond acceptors (Lipinski definition) is 0. The Labute approximate surface area is 162 Å². The molecule has 0 spiro atoms. The molecule has 0 N–H and O–H groups in total. The summed E-state index contributed by atoms with van der Waals surface area (Å²) < 4.78 is 40.0. The standard InChI is InChI=1S/C24H33F3/c1-2-3-4-17-5-7-18(8-6-17)9-10-19-11-13-20(14-12-19)21-15-22(25)24(27)23(26)16-21/h13,15-19H,2-12,14H2,1H3. The summed E-state index contributed by atoms with van der Waals surface area (Å²) in [6, 6.07) is 2.25. The zero-order valence-corrected chi connectivity index (χ0v) is 16.6. The second-order valence-electron chi connectivity index (χ2n) is 8.73. The lowest BCUT2D eigenvalue weighted by atomic mass is 9.76. The van der Waals surface area contributed by atoms with Gasteiger partial charge in [-0.25, -0.2) is 13.2 Å². The predicted molar refractivity (Wildman–Crippen MR) is 106 cm³/mol. The molecule has 2 aliphatic rings. The summed E-state index contributed by atoms with van der Waals surface area (Å²) in [5, 5.41) is 0. The molecule has 0 aromatic heterocycles. The van der Waals surface area contributed by atoms with Crippen molar-refractivity contribution < 1.29 is 13.2 Å². The minimum Gasteiger partial charge on any atom is -0.204 e. The molecule has 1 fully saturated rings. The highest BCUT2D eigenvalue weighted by Crippen LogP contribution is 2.38. The van der Waals surface area contributed by atoms with Crippen LogP contribution in [-0.2, 0) is 0 Å². The Hall–Kier alpha value is -1.25. The quantitative estimate of drug-likeness (QED) is 0.421. The molecule has 1 saturated carbocycles. The van der Waals surface area contributed by atoms with Crippen molar-refractivity contribution in [3.63, 3.8) is 0 Å². The lowest BCUT2D eigenvalue weighted by molar-refractivity contribution is 0.235. The molecule has 2 aliphatic carbocycles. The van der Waals surface area contributed by atoms with Crippen LogP contribution in [0.5, 0.6) is 0 Å². The van der Waals surface area contributed by atoms with E-state index in [1.165, 1.54) is 57.8 Å². The van der Waals surface area contributed by atoms with E-state index in [-0.39, 0.29) is 0 Å². The van der Waals surface area contributed by atoms with E-state index in [4.69, 9.17) is 0 Å². The SMILES string of the molecule is CCCCC1CCC(CCC2CC=C(c3cc(F)c(F)c(F)c3)CC2)CC1. The predicted octanol–water partition coefficient (Wildman–Crippen LogP) is 8.06. The third kappa shape index (κ3) is 5.62. The molecule has 0 nitrogen and oxygen atoms in total. The molecule has 1 unspecified atom stereocenters. The molecular weight excluding hydrogens is 345 g/mol. The first-order valence-corrected chi connectivity index (χ1v) is 10.9. The van der Waals surface area contributed by atoms with Crippen LogP contribution >= 0.6 is 0 Å². The molecule has 3 heteroatoms. The molecule has 3 rings (SSSR count). The highest BCUT2D eigenvalue weighted by Gasteiger charge is 2.23. The molecule has 0 bridgehead atoms. The van der Waals surface area contributed by atoms with Crippen LogP contribution in [0.1, 0.15) is 89.5 Å². The maximum Gasteiger partial charge on any atom is 0.194 e. The highest BCUT2D eigenvalue weighted by atomic mass is 19.2. The van der Waals surface area contributed by atoms with Crippen LogP contribution in [0, 0.1) is 35.2 Å². The van der Waals surface area contributed by atoms with E-state index in [9.17, 15) is 13.2 Å². The minimum absolute atomic E-state index is 0.496. The fourth-order valence-corrected chi connectivity index (χ4v) is 4.93. The van der Waals surface area contributed by atoms with Gasteiger partial charge in [0.1, 0.15) is 0 Å². The normalized spacial score (nSPS) is 26.1. The number of benzene rings is 1. The van der Waals surface area contributed by atoms with Gasteiger partial charge in [-0.15, -0.1) is 0 Å². The second-order valence-corrected chi connectivity index (χ2v) is 8.73. The highest BCUT2D eigenvalue weighted by molar-refractivity contribution is 5.66. The Morgan fingerprint density at radius 3 is 1.96 bits per heavy atom. The molecule has 0 aliphatic heterocycles. The summed E-state index contributed by atoms with van der Waals surface area (Å²) in [5.74, 6) is -1.02. The van der Waals surface area contributed by atoms with E-state index in [0.29, 0.717) is 11.5 Å². The van der Waals surface area contributed by atoms with Crippen molar-refractivity contribution in [2.45, 2.75) is 84.0 Å². The third-order valence-corrected chi connectivity index (χ3v) is 6.79. The first-order valence-electron chi connectivity index (χ1n) is 10.9. The summed E-state index contributed by atoms with van der Waals surface area (Å²) >= 11 is 0. The van der Waals surface area contributed by atoms with E-state index in [1.807, 2.05) is 0 Å². The lowest BCUT2D eigenvalue weighted by Gasteiger charge is -2.30. The van der Waals surface area contributed by atoms with Crippen LogP contribution in [-0.4, -0.2) is 0 Å². The molecule has 1 atom stereocenters. The van der Waals surface area contributed by atoms with Crippen molar-refractivity contribution in [3.8, 4) is 0 Å². The number of hydrogen-bond donors (Lipinski definition) is 0. The smallest absolute Gasteiger partial charge is 0.194 e. The Morgan fingerprint density at radius 1 is 0.815 bits per heavy atom. The molecule has 0 heterocycles. The average molecular weight is 379 g/mol. The van der Waals surface area contributed by atoms with Crippen LogP contribution in [0.4, 0.5) is 13.2 Å². The Kier molecular flexibility index (Phi) is 7.43. The first kappa shape index (κ1) is 20.5. The maximum atomic E-state index is 13.5. The van der Waals surface area contributed by atoms with Gasteiger partial charge in [0.25, 0.3) is 0 Å². The molecular formula is C24H33F3. The monoisotopic (exact) mass is 378 g/mol. The zero-order chi connectivity index (χ0) is 19.2. The topological polar surface area (TPSA) is 0 Å². The maximum absolute atomic E-state index is 13.5. The van der Waals surface area contributed by atoms with Gasteiger partial charge in [0.15, 0.2) is 17.5 Å². The van der Waals surface area contributed by atoms with Crippen molar-refractivity contribution >= 4 is 5.57 Å². The van der Waals surface area contributed by atoms with E-state index >= 15 is 0 Å². The summed E-state index contributed by atoms with van der Waals surface area (Å²) in [6.45, 7) is 2.28. The van der Waals surface area contributed by atoms with Gasteiger partial charge in [0.2, 0.25) is 0 Å². The van der Waals surface area contributed by atoms with Gasteiger partial charge in [-0.05, 0) is 66.7 Å². The van der Waals surface area contributed by atoms with Crippen LogP contribution in [0.3, 0.4) is 0 Å². The number of allylic oxidation sites excluding steroid dienone is 2. The summed E-state index contributed by atoms with van der Waals surface area (Å²) in [6.07, 6.45) is 17.3. The molecule has 0 amide bonds. The summed E-state index contributed by atoms with van der Waals surface area (Å²) in [4.78, 5) is 0. The summed E-state index contributed by atoms with van der Waals surface area (Å²) in [5.41, 5.74) is 1.45. The van der Waals surface area contributed by atoms with Crippen molar-refractivity contribution in [2.24, 2.45) is 17.8 Å². The fourth-order valence-electron chi connectivity index (χ4n) is 4.93. The Bertz CT molecular complexity index is 618. The van der Waals surface area contributed by atoms with Crippen molar-refractivity contribution in [1.29, 1.82) is 0 Å². The largest absolute Gasteiger partial charge is 0.204 e. The van der Waals surface area contributed by atoms with Gasteiger partial charge in [-0.1, -0.05) is 64.4 Å². The Morgan fingerprint density at radius 2 is 1.41 bits per heavy atom. The zero-order valence-electron chi connectivity index (χ0n) is 16.6. The van der Waals surface area contributed by atoms with Gasteiger partial charge in [-0.3, -0.25) is 0 Å². The molecule has 27 heavy (non-hydrogen) atoms. The van der Waals surface area contributed by atoms with Crippen LogP contribution in [0.2, 0.25) is 0 Å². The van der Waals surface area contributed by atoms with Gasteiger partial charge in [-0.2, -0.15) is 0 Å². The van der Waals surface area contributed by atoms with Gasteiger partial charge < -0.3 is 0 Å². The Balaban J connectivity index is 1.43. The lowest BCUT2D eigenvalue weighted by Crippen LogP contribution is -2.16. The number of rotatable bonds is 7. The van der Waals surface area contributed by atoms with Crippen LogP contribution in [0.25, 0.3) is 5.57 Å².